The number of thiazole rings is 1. The molecule has 232 valence electrons. The Morgan fingerprint density at radius 1 is 0.978 bits per heavy atom. The third kappa shape index (κ3) is 6.96. The Bertz CT molecular complexity index is 1960. The van der Waals surface area contributed by atoms with Gasteiger partial charge < -0.3 is 24.1 Å². The second-order valence-electron chi connectivity index (χ2n) is 9.73. The zero-order chi connectivity index (χ0) is 32.1. The van der Waals surface area contributed by atoms with E-state index in [1.165, 1.54) is 41.3 Å². The van der Waals surface area contributed by atoms with Crippen LogP contribution in [0.5, 0.6) is 17.2 Å². The van der Waals surface area contributed by atoms with Crippen LogP contribution in [0.15, 0.2) is 82.2 Å². The number of hydrogen-bond acceptors (Lipinski definition) is 9. The molecule has 3 aromatic carbocycles. The highest BCUT2D eigenvalue weighted by atomic mass is 127. The summed E-state index contributed by atoms with van der Waals surface area (Å²) in [5.74, 6) is 0.158. The summed E-state index contributed by atoms with van der Waals surface area (Å²) in [6.45, 7) is 4.89. The van der Waals surface area contributed by atoms with Gasteiger partial charge in [0.25, 0.3) is 5.56 Å². The van der Waals surface area contributed by atoms with E-state index in [2.05, 4.69) is 27.6 Å². The second kappa shape index (κ2) is 14.1. The standard InChI is InChI=1S/C33H29IN2O8S/c1-4-42-26-13-11-22(16-27(26)43-5-2)29-23(32(40)41-3)17-35-33-36(29)30(37)28(45-33)15-20-8-12-25(24(34)14-20)44-18-19-6-9-21(10-7-19)31(38)39/h6-17,29H,4-5,18H2,1-3H3,(H,38,39)/b28-15-/t29-/m0/s1. The Morgan fingerprint density at radius 3 is 2.36 bits per heavy atom. The zero-order valence-electron chi connectivity index (χ0n) is 24.6. The van der Waals surface area contributed by atoms with Crippen molar-refractivity contribution in [2.75, 3.05) is 20.3 Å². The maximum Gasteiger partial charge on any atom is 0.337 e. The monoisotopic (exact) mass is 740 g/mol. The lowest BCUT2D eigenvalue weighted by molar-refractivity contribution is -0.136. The lowest BCUT2D eigenvalue weighted by atomic mass is 9.97. The number of methoxy groups -OCH3 is 1. The van der Waals surface area contributed by atoms with Crippen LogP contribution in [0.3, 0.4) is 0 Å². The molecule has 1 atom stereocenters. The topological polar surface area (TPSA) is 126 Å². The zero-order valence-corrected chi connectivity index (χ0v) is 27.6. The Labute approximate surface area is 276 Å². The molecule has 4 aromatic rings. The fraction of sp³-hybridized carbons (Fsp3) is 0.212. The summed E-state index contributed by atoms with van der Waals surface area (Å²) >= 11 is 3.39. The molecule has 45 heavy (non-hydrogen) atoms. The predicted molar refractivity (Wildman–Crippen MR) is 177 cm³/mol. The Morgan fingerprint density at radius 2 is 1.69 bits per heavy atom. The van der Waals surface area contributed by atoms with Crippen LogP contribution in [0.1, 0.15) is 46.9 Å². The van der Waals surface area contributed by atoms with Gasteiger partial charge in [0.2, 0.25) is 0 Å². The van der Waals surface area contributed by atoms with E-state index in [0.717, 1.165) is 14.7 Å². The molecule has 0 bridgehead atoms. The van der Waals surface area contributed by atoms with E-state index in [0.29, 0.717) is 45.4 Å². The quantitative estimate of drug-likeness (QED) is 0.174. The number of nitrogens with zero attached hydrogens (tertiary/aromatic N) is 2. The molecule has 10 nitrogen and oxygen atoms in total. The molecule has 5 rings (SSSR count). The number of rotatable bonds is 11. The normalized spacial score (nSPS) is 14.2. The summed E-state index contributed by atoms with van der Waals surface area (Å²) in [4.78, 5) is 42.7. The summed E-state index contributed by atoms with van der Waals surface area (Å²) in [6, 6.07) is 16.7. The van der Waals surface area contributed by atoms with Crippen LogP contribution in [0.4, 0.5) is 0 Å². The molecule has 0 saturated carbocycles. The van der Waals surface area contributed by atoms with Crippen LogP contribution in [0.2, 0.25) is 0 Å². The predicted octanol–water partition coefficient (Wildman–Crippen LogP) is 4.70. The first-order valence-corrected chi connectivity index (χ1v) is 15.9. The van der Waals surface area contributed by atoms with Crippen molar-refractivity contribution in [1.82, 2.24) is 4.57 Å². The summed E-state index contributed by atoms with van der Waals surface area (Å²) in [7, 11) is 1.29. The molecule has 2 heterocycles. The molecule has 0 aliphatic carbocycles. The number of carboxylic acids is 1. The molecule has 0 spiro atoms. The van der Waals surface area contributed by atoms with Crippen molar-refractivity contribution in [3.8, 4) is 17.2 Å². The number of hydrogen-bond donors (Lipinski definition) is 1. The van der Waals surface area contributed by atoms with E-state index in [4.69, 9.17) is 24.1 Å². The number of carbonyl (C=O) groups is 2. The van der Waals surface area contributed by atoms with Gasteiger partial charge in [0.05, 0.1) is 45.6 Å². The third-order valence-electron chi connectivity index (χ3n) is 6.86. The molecular weight excluding hydrogens is 711 g/mol. The average Bonchev–Trinajstić information content (AvgIpc) is 3.35. The van der Waals surface area contributed by atoms with Crippen LogP contribution in [-0.4, -0.2) is 41.9 Å². The lowest BCUT2D eigenvalue weighted by Gasteiger charge is -2.23. The number of benzene rings is 3. The van der Waals surface area contributed by atoms with Crippen molar-refractivity contribution in [1.29, 1.82) is 0 Å². The lowest BCUT2D eigenvalue weighted by Crippen LogP contribution is -2.39. The van der Waals surface area contributed by atoms with Crippen LogP contribution in [0.25, 0.3) is 6.08 Å². The van der Waals surface area contributed by atoms with Crippen molar-refractivity contribution >= 4 is 51.9 Å². The third-order valence-corrected chi connectivity index (χ3v) is 8.70. The summed E-state index contributed by atoms with van der Waals surface area (Å²) < 4.78 is 25.3. The van der Waals surface area contributed by atoms with Crippen molar-refractivity contribution < 1.29 is 33.6 Å². The minimum atomic E-state index is -0.980. The van der Waals surface area contributed by atoms with Crippen molar-refractivity contribution in [2.24, 2.45) is 4.99 Å². The van der Waals surface area contributed by atoms with E-state index in [1.54, 1.807) is 36.4 Å². The Hall–Kier alpha value is -4.43. The maximum atomic E-state index is 13.9. The molecule has 0 unspecified atom stereocenters. The molecule has 1 aliphatic rings. The van der Waals surface area contributed by atoms with Gasteiger partial charge in [0, 0.05) is 6.20 Å². The number of carbonyl (C=O) groups excluding carboxylic acids is 1. The molecule has 0 radical (unpaired) electrons. The Balaban J connectivity index is 1.48. The highest BCUT2D eigenvalue weighted by Gasteiger charge is 2.31. The smallest absolute Gasteiger partial charge is 0.337 e. The molecule has 0 saturated heterocycles. The number of halogens is 1. The summed E-state index contributed by atoms with van der Waals surface area (Å²) in [5, 5.41) is 9.09. The SMILES string of the molecule is CCOc1ccc([C@H]2C(C(=O)OC)=CN=c3s/c(=C\c4ccc(OCc5ccc(C(=O)O)cc5)c(I)c4)c(=O)n32)cc1OCC. The summed E-state index contributed by atoms with van der Waals surface area (Å²) in [5.41, 5.74) is 2.40. The number of aromatic carboxylic acids is 1. The van der Waals surface area contributed by atoms with E-state index in [-0.39, 0.29) is 23.3 Å². The number of esters is 1. The van der Waals surface area contributed by atoms with E-state index in [9.17, 15) is 14.4 Å². The van der Waals surface area contributed by atoms with Gasteiger partial charge in [-0.2, -0.15) is 0 Å². The Kier molecular flexibility index (Phi) is 10.0. The fourth-order valence-corrected chi connectivity index (χ4v) is 6.43. The van der Waals surface area contributed by atoms with Gasteiger partial charge >= 0.3 is 11.9 Å². The first-order valence-electron chi connectivity index (χ1n) is 14.0. The number of carboxylic acid groups (broad SMARTS) is 1. The fourth-order valence-electron chi connectivity index (χ4n) is 4.77. The molecule has 0 fully saturated rings. The average molecular weight is 741 g/mol. The van der Waals surface area contributed by atoms with E-state index < -0.39 is 18.0 Å². The van der Waals surface area contributed by atoms with Crippen molar-refractivity contribution in [2.45, 2.75) is 26.5 Å². The van der Waals surface area contributed by atoms with E-state index >= 15 is 0 Å². The minimum Gasteiger partial charge on any atom is -0.490 e. The van der Waals surface area contributed by atoms with Gasteiger partial charge in [0.15, 0.2) is 16.3 Å². The maximum absolute atomic E-state index is 13.9. The molecular formula is C33H29IN2O8S. The first-order chi connectivity index (χ1) is 21.7. The number of fused-ring (bicyclic) bond motifs is 1. The number of ether oxygens (including phenoxy) is 4. The van der Waals surface area contributed by atoms with Crippen molar-refractivity contribution in [3.63, 3.8) is 0 Å². The first kappa shape index (κ1) is 32.0. The molecule has 1 aromatic heterocycles. The van der Waals surface area contributed by atoms with E-state index in [1.807, 2.05) is 32.0 Å². The second-order valence-corrected chi connectivity index (χ2v) is 11.9. The van der Waals surface area contributed by atoms with Gasteiger partial charge in [-0.25, -0.2) is 14.6 Å². The van der Waals surface area contributed by atoms with Crippen molar-refractivity contribution in [3.05, 3.63) is 118 Å². The van der Waals surface area contributed by atoms with Gasteiger partial charge in [-0.15, -0.1) is 0 Å². The van der Waals surface area contributed by atoms with Crippen LogP contribution >= 0.6 is 33.9 Å². The molecule has 1 N–H and O–H groups in total. The minimum absolute atomic E-state index is 0.213. The van der Waals surface area contributed by atoms with Gasteiger partial charge in [-0.1, -0.05) is 35.6 Å². The summed E-state index contributed by atoms with van der Waals surface area (Å²) in [6.07, 6.45) is 3.23. The van der Waals surface area contributed by atoms with Crippen LogP contribution < -0.4 is 29.1 Å². The van der Waals surface area contributed by atoms with Gasteiger partial charge in [0.1, 0.15) is 12.4 Å². The number of aromatic nitrogens is 1. The van der Waals surface area contributed by atoms with Gasteiger partial charge in [-0.05, 0) is 95.6 Å². The largest absolute Gasteiger partial charge is 0.490 e. The molecule has 0 amide bonds. The molecule has 1 aliphatic heterocycles. The highest BCUT2D eigenvalue weighted by molar-refractivity contribution is 14.1. The van der Waals surface area contributed by atoms with Crippen LogP contribution in [-0.2, 0) is 16.1 Å². The van der Waals surface area contributed by atoms with Crippen LogP contribution in [0, 0.1) is 3.57 Å². The molecule has 12 heteroatoms. The van der Waals surface area contributed by atoms with Gasteiger partial charge in [-0.3, -0.25) is 9.36 Å². The highest BCUT2D eigenvalue weighted by Crippen LogP contribution is 2.35.